The molecular weight excluding hydrogens is 220 g/mol. The van der Waals surface area contributed by atoms with E-state index in [2.05, 4.69) is 78.7 Å². The number of benzene rings is 1. The molecule has 1 aromatic rings. The first-order valence-corrected chi connectivity index (χ1v) is 6.48. The van der Waals surface area contributed by atoms with Crippen LogP contribution in [0.15, 0.2) is 60.5 Å². The molecule has 0 aliphatic carbocycles. The molecular formula is C16H18N2. The van der Waals surface area contributed by atoms with Gasteiger partial charge in [-0.25, -0.2) is 5.01 Å². The minimum absolute atomic E-state index is 0.510. The summed E-state index contributed by atoms with van der Waals surface area (Å²) < 4.78 is 0. The molecule has 1 unspecified atom stereocenters. The molecule has 0 N–H and O–H groups in total. The Bertz CT molecular complexity index is 525. The van der Waals surface area contributed by atoms with Crippen LogP contribution in [0, 0.1) is 0 Å². The van der Waals surface area contributed by atoms with E-state index in [4.69, 9.17) is 0 Å². The fourth-order valence-electron chi connectivity index (χ4n) is 2.58. The highest BCUT2D eigenvalue weighted by atomic mass is 15.6. The van der Waals surface area contributed by atoms with E-state index in [0.29, 0.717) is 6.04 Å². The summed E-state index contributed by atoms with van der Waals surface area (Å²) in [4.78, 5) is 0. The third-order valence-corrected chi connectivity index (χ3v) is 3.67. The molecule has 0 bridgehead atoms. The molecule has 0 fully saturated rings. The summed E-state index contributed by atoms with van der Waals surface area (Å²) in [5.41, 5.74) is 3.84. The number of nitrogens with zero attached hydrogens (tertiary/aromatic N) is 2. The first kappa shape index (κ1) is 11.3. The van der Waals surface area contributed by atoms with Crippen molar-refractivity contribution in [2.45, 2.75) is 19.4 Å². The quantitative estimate of drug-likeness (QED) is 0.779. The lowest BCUT2D eigenvalue weighted by atomic mass is 10.0. The van der Waals surface area contributed by atoms with Crippen LogP contribution in [0.2, 0.25) is 0 Å². The Kier molecular flexibility index (Phi) is 2.80. The summed E-state index contributed by atoms with van der Waals surface area (Å²) in [6, 6.07) is 11.0. The predicted octanol–water partition coefficient (Wildman–Crippen LogP) is 3.42. The molecule has 2 heterocycles. The Morgan fingerprint density at radius 2 is 1.94 bits per heavy atom. The van der Waals surface area contributed by atoms with Crippen molar-refractivity contribution in [2.24, 2.45) is 0 Å². The van der Waals surface area contributed by atoms with Crippen LogP contribution < -0.4 is 0 Å². The van der Waals surface area contributed by atoms with Crippen LogP contribution in [0.1, 0.15) is 18.9 Å². The van der Waals surface area contributed by atoms with Gasteiger partial charge in [-0.1, -0.05) is 37.3 Å². The number of allylic oxidation sites excluding steroid dienone is 3. The number of rotatable bonds is 2. The van der Waals surface area contributed by atoms with Crippen molar-refractivity contribution >= 4 is 5.57 Å². The van der Waals surface area contributed by atoms with Crippen LogP contribution >= 0.6 is 0 Å². The zero-order chi connectivity index (χ0) is 12.5. The molecule has 0 spiro atoms. The molecule has 1 atom stereocenters. The zero-order valence-electron chi connectivity index (χ0n) is 10.9. The molecule has 3 rings (SSSR count). The van der Waals surface area contributed by atoms with Crippen LogP contribution in [0.5, 0.6) is 0 Å². The van der Waals surface area contributed by atoms with E-state index in [-0.39, 0.29) is 0 Å². The molecule has 2 heteroatoms. The van der Waals surface area contributed by atoms with Gasteiger partial charge in [0.05, 0.1) is 5.70 Å². The predicted molar refractivity (Wildman–Crippen MR) is 75.3 cm³/mol. The summed E-state index contributed by atoms with van der Waals surface area (Å²) in [6.45, 7) is 2.22. The van der Waals surface area contributed by atoms with Gasteiger partial charge in [0.25, 0.3) is 0 Å². The van der Waals surface area contributed by atoms with Gasteiger partial charge < -0.3 is 0 Å². The number of likely N-dealkylation sites (N-methyl/N-ethyl adjacent to an activating group) is 1. The van der Waals surface area contributed by atoms with E-state index < -0.39 is 0 Å². The number of hydrogen-bond donors (Lipinski definition) is 0. The van der Waals surface area contributed by atoms with Crippen LogP contribution in [-0.4, -0.2) is 23.1 Å². The summed E-state index contributed by atoms with van der Waals surface area (Å²) in [6.07, 6.45) is 10.1. The second-order valence-corrected chi connectivity index (χ2v) is 4.77. The van der Waals surface area contributed by atoms with Crippen LogP contribution in [-0.2, 0) is 0 Å². The van der Waals surface area contributed by atoms with E-state index in [1.54, 1.807) is 0 Å². The minimum atomic E-state index is 0.510. The van der Waals surface area contributed by atoms with Crippen molar-refractivity contribution in [3.05, 3.63) is 66.0 Å². The van der Waals surface area contributed by atoms with E-state index in [0.717, 1.165) is 6.42 Å². The van der Waals surface area contributed by atoms with E-state index in [9.17, 15) is 0 Å². The lowest BCUT2D eigenvalue weighted by Crippen LogP contribution is -2.35. The Labute approximate surface area is 108 Å². The highest BCUT2D eigenvalue weighted by Gasteiger charge is 2.27. The van der Waals surface area contributed by atoms with Crippen LogP contribution in [0.4, 0.5) is 0 Å². The van der Waals surface area contributed by atoms with Crippen molar-refractivity contribution in [2.75, 3.05) is 7.05 Å². The lowest BCUT2D eigenvalue weighted by molar-refractivity contribution is 0.0860. The highest BCUT2D eigenvalue weighted by Crippen LogP contribution is 2.31. The fourth-order valence-corrected chi connectivity index (χ4v) is 2.58. The van der Waals surface area contributed by atoms with Gasteiger partial charge in [0.2, 0.25) is 0 Å². The number of fused-ring (bicyclic) bond motifs is 1. The van der Waals surface area contributed by atoms with Gasteiger partial charge in [-0.15, -0.1) is 0 Å². The van der Waals surface area contributed by atoms with Gasteiger partial charge in [-0.05, 0) is 35.8 Å². The first-order valence-electron chi connectivity index (χ1n) is 6.48. The van der Waals surface area contributed by atoms with Crippen molar-refractivity contribution in [3.63, 3.8) is 0 Å². The molecule has 0 radical (unpaired) electrons. The van der Waals surface area contributed by atoms with Crippen molar-refractivity contribution in [1.82, 2.24) is 10.0 Å². The van der Waals surface area contributed by atoms with Gasteiger partial charge in [-0.3, -0.25) is 5.01 Å². The van der Waals surface area contributed by atoms with E-state index >= 15 is 0 Å². The standard InChI is InChI=1S/C16H18N2/c1-3-15-12-16-11-14(9-10-18(16)17(15)2)13-7-5-4-6-8-13/h4-12,15H,3H2,1-2H3. The number of hydrogen-bond acceptors (Lipinski definition) is 2. The normalized spacial score (nSPS) is 22.8. The maximum atomic E-state index is 2.34. The van der Waals surface area contributed by atoms with Gasteiger partial charge in [0, 0.05) is 19.3 Å². The smallest absolute Gasteiger partial charge is 0.0556 e. The summed E-state index contributed by atoms with van der Waals surface area (Å²) in [7, 11) is 2.14. The average Bonchev–Trinajstić information content (AvgIpc) is 2.76. The summed E-state index contributed by atoms with van der Waals surface area (Å²) in [5.74, 6) is 0. The molecule has 18 heavy (non-hydrogen) atoms. The van der Waals surface area contributed by atoms with Gasteiger partial charge in [-0.2, -0.15) is 0 Å². The van der Waals surface area contributed by atoms with Crippen molar-refractivity contribution in [3.8, 4) is 0 Å². The van der Waals surface area contributed by atoms with Crippen molar-refractivity contribution < 1.29 is 0 Å². The van der Waals surface area contributed by atoms with E-state index in [1.807, 2.05) is 0 Å². The SMILES string of the molecule is CCC1C=C2C=C(c3ccccc3)C=CN2N1C. The second-order valence-electron chi connectivity index (χ2n) is 4.77. The third kappa shape index (κ3) is 1.79. The molecule has 2 aliphatic heterocycles. The van der Waals surface area contributed by atoms with Gasteiger partial charge in [0.15, 0.2) is 0 Å². The largest absolute Gasteiger partial charge is 0.282 e. The maximum Gasteiger partial charge on any atom is 0.0556 e. The third-order valence-electron chi connectivity index (χ3n) is 3.67. The Morgan fingerprint density at radius 3 is 2.67 bits per heavy atom. The molecule has 2 aliphatic rings. The topological polar surface area (TPSA) is 6.48 Å². The molecule has 2 nitrogen and oxygen atoms in total. The molecule has 0 aromatic heterocycles. The zero-order valence-corrected chi connectivity index (χ0v) is 10.9. The molecule has 92 valence electrons. The Balaban J connectivity index is 1.94. The van der Waals surface area contributed by atoms with Crippen LogP contribution in [0.25, 0.3) is 5.57 Å². The Morgan fingerprint density at radius 1 is 1.17 bits per heavy atom. The van der Waals surface area contributed by atoms with E-state index in [1.165, 1.54) is 16.8 Å². The molecule has 1 aromatic carbocycles. The lowest BCUT2D eigenvalue weighted by Gasteiger charge is -2.30. The Hall–Kier alpha value is -1.80. The fraction of sp³-hybridized carbons (Fsp3) is 0.250. The molecule has 0 saturated carbocycles. The average molecular weight is 238 g/mol. The highest BCUT2D eigenvalue weighted by molar-refractivity contribution is 5.77. The van der Waals surface area contributed by atoms with Crippen molar-refractivity contribution in [1.29, 1.82) is 0 Å². The molecule has 0 amide bonds. The van der Waals surface area contributed by atoms with Crippen LogP contribution in [0.3, 0.4) is 0 Å². The summed E-state index contributed by atoms with van der Waals surface area (Å²) >= 11 is 0. The second kappa shape index (κ2) is 4.46. The number of hydrazine groups is 1. The van der Waals surface area contributed by atoms with Gasteiger partial charge >= 0.3 is 0 Å². The first-order chi connectivity index (χ1) is 8.79. The van der Waals surface area contributed by atoms with Gasteiger partial charge in [0.1, 0.15) is 0 Å². The monoisotopic (exact) mass is 238 g/mol. The maximum absolute atomic E-state index is 2.34. The molecule has 0 saturated heterocycles. The minimum Gasteiger partial charge on any atom is -0.282 e. The summed E-state index contributed by atoms with van der Waals surface area (Å²) in [5, 5.41) is 4.50.